The second kappa shape index (κ2) is 4.56. The van der Waals surface area contributed by atoms with E-state index < -0.39 is 0 Å². The lowest BCUT2D eigenvalue weighted by Crippen LogP contribution is -2.51. The lowest BCUT2D eigenvalue weighted by molar-refractivity contribution is -0.144. The fourth-order valence-corrected chi connectivity index (χ4v) is 1.73. The molecule has 0 bridgehead atoms. The van der Waals surface area contributed by atoms with Crippen LogP contribution in [0.4, 0.5) is 0 Å². The highest BCUT2D eigenvalue weighted by atomic mass is 16.5. The predicted molar refractivity (Wildman–Crippen MR) is 54.4 cm³/mol. The van der Waals surface area contributed by atoms with Crippen molar-refractivity contribution in [1.29, 1.82) is 0 Å². The van der Waals surface area contributed by atoms with Crippen LogP contribution in [0.5, 0.6) is 0 Å². The summed E-state index contributed by atoms with van der Waals surface area (Å²) in [5.41, 5.74) is 0. The molecule has 1 aliphatic rings. The molecule has 7 heteroatoms. The quantitative estimate of drug-likeness (QED) is 0.666. The largest absolute Gasteiger partial charge is 0.375 e. The Labute approximate surface area is 93.4 Å². The normalized spacial score (nSPS) is 25.8. The third kappa shape index (κ3) is 2.35. The topological polar surface area (TPSA) is 73.1 Å². The Morgan fingerprint density at radius 2 is 2.38 bits per heavy atom. The Kier molecular flexibility index (Phi) is 3.14. The average molecular weight is 225 g/mol. The zero-order valence-corrected chi connectivity index (χ0v) is 9.41. The SMILES string of the molecule is CC1CN(C(=O)Cn2cnnn2)C(C)CO1. The van der Waals surface area contributed by atoms with Crippen LogP contribution in [0.3, 0.4) is 0 Å². The van der Waals surface area contributed by atoms with E-state index in [1.54, 1.807) is 0 Å². The van der Waals surface area contributed by atoms with Crippen LogP contribution >= 0.6 is 0 Å². The van der Waals surface area contributed by atoms with Crippen LogP contribution < -0.4 is 0 Å². The van der Waals surface area contributed by atoms with Gasteiger partial charge >= 0.3 is 0 Å². The van der Waals surface area contributed by atoms with Crippen LogP contribution in [-0.4, -0.2) is 56.3 Å². The fraction of sp³-hybridized carbons (Fsp3) is 0.778. The summed E-state index contributed by atoms with van der Waals surface area (Å²) in [6.45, 7) is 5.33. The maximum Gasteiger partial charge on any atom is 0.244 e. The van der Waals surface area contributed by atoms with Crippen LogP contribution in [0, 0.1) is 0 Å². The summed E-state index contributed by atoms with van der Waals surface area (Å²) in [7, 11) is 0. The van der Waals surface area contributed by atoms with Crippen molar-refractivity contribution in [2.45, 2.75) is 32.5 Å². The molecule has 0 aliphatic carbocycles. The summed E-state index contributed by atoms with van der Waals surface area (Å²) in [4.78, 5) is 13.8. The molecule has 1 saturated heterocycles. The molecule has 1 amide bonds. The minimum absolute atomic E-state index is 0.0231. The van der Waals surface area contributed by atoms with Gasteiger partial charge in [-0.3, -0.25) is 4.79 Å². The van der Waals surface area contributed by atoms with Gasteiger partial charge in [-0.25, -0.2) is 4.68 Å². The molecular formula is C9H15N5O2. The van der Waals surface area contributed by atoms with E-state index in [2.05, 4.69) is 15.5 Å². The molecule has 0 saturated carbocycles. The Bertz CT molecular complexity index is 353. The average Bonchev–Trinajstić information content (AvgIpc) is 2.74. The Balaban J connectivity index is 1.97. The highest BCUT2D eigenvalue weighted by Gasteiger charge is 2.27. The van der Waals surface area contributed by atoms with E-state index in [9.17, 15) is 4.79 Å². The zero-order valence-electron chi connectivity index (χ0n) is 9.41. The Morgan fingerprint density at radius 3 is 3.06 bits per heavy atom. The zero-order chi connectivity index (χ0) is 11.5. The second-order valence-electron chi connectivity index (χ2n) is 4.05. The van der Waals surface area contributed by atoms with Crippen molar-refractivity contribution in [2.24, 2.45) is 0 Å². The summed E-state index contributed by atoms with van der Waals surface area (Å²) >= 11 is 0. The maximum atomic E-state index is 12.0. The third-order valence-corrected chi connectivity index (χ3v) is 2.62. The summed E-state index contributed by atoms with van der Waals surface area (Å²) in [6.07, 6.45) is 1.53. The number of tetrazole rings is 1. The number of rotatable bonds is 2. The summed E-state index contributed by atoms with van der Waals surface area (Å²) in [5, 5.41) is 10.7. The first-order chi connectivity index (χ1) is 7.66. The highest BCUT2D eigenvalue weighted by Crippen LogP contribution is 2.11. The number of ether oxygens (including phenoxy) is 1. The molecule has 1 aromatic rings. The number of amides is 1. The molecule has 2 atom stereocenters. The number of hydrogen-bond acceptors (Lipinski definition) is 5. The monoisotopic (exact) mass is 225 g/mol. The predicted octanol–water partition coefficient (Wildman–Crippen LogP) is -0.691. The molecule has 2 heterocycles. The van der Waals surface area contributed by atoms with Gasteiger partial charge in [-0.05, 0) is 24.3 Å². The summed E-state index contributed by atoms with van der Waals surface area (Å²) < 4.78 is 6.89. The number of hydrogen-bond donors (Lipinski definition) is 0. The molecule has 0 spiro atoms. The number of carbonyl (C=O) groups is 1. The third-order valence-electron chi connectivity index (χ3n) is 2.62. The van der Waals surface area contributed by atoms with Crippen LogP contribution in [0.1, 0.15) is 13.8 Å². The molecule has 1 fully saturated rings. The van der Waals surface area contributed by atoms with E-state index >= 15 is 0 Å². The Hall–Kier alpha value is -1.50. The number of carbonyl (C=O) groups excluding carboxylic acids is 1. The first kappa shape index (κ1) is 11.0. The molecule has 2 rings (SSSR count). The number of morpholine rings is 1. The van der Waals surface area contributed by atoms with Gasteiger partial charge in [0.05, 0.1) is 18.8 Å². The number of nitrogens with zero attached hydrogens (tertiary/aromatic N) is 5. The van der Waals surface area contributed by atoms with Crippen LogP contribution in [0.15, 0.2) is 6.33 Å². The Morgan fingerprint density at radius 1 is 1.56 bits per heavy atom. The molecular weight excluding hydrogens is 210 g/mol. The first-order valence-electron chi connectivity index (χ1n) is 5.28. The van der Waals surface area contributed by atoms with Crippen molar-refractivity contribution in [1.82, 2.24) is 25.1 Å². The van der Waals surface area contributed by atoms with E-state index in [-0.39, 0.29) is 24.6 Å². The van der Waals surface area contributed by atoms with Gasteiger partial charge in [0.15, 0.2) is 0 Å². The molecule has 7 nitrogen and oxygen atoms in total. The van der Waals surface area contributed by atoms with Gasteiger partial charge in [0.1, 0.15) is 12.9 Å². The molecule has 1 aromatic heterocycles. The van der Waals surface area contributed by atoms with Crippen LogP contribution in [0.2, 0.25) is 0 Å². The summed E-state index contributed by atoms with van der Waals surface area (Å²) in [5.74, 6) is 0.0231. The van der Waals surface area contributed by atoms with E-state index in [1.807, 2.05) is 18.7 Å². The lowest BCUT2D eigenvalue weighted by Gasteiger charge is -2.36. The van der Waals surface area contributed by atoms with Gasteiger partial charge in [-0.1, -0.05) is 0 Å². The van der Waals surface area contributed by atoms with Gasteiger partial charge in [-0.2, -0.15) is 0 Å². The first-order valence-corrected chi connectivity index (χ1v) is 5.28. The minimum Gasteiger partial charge on any atom is -0.375 e. The molecule has 0 N–H and O–H groups in total. The van der Waals surface area contributed by atoms with Gasteiger partial charge < -0.3 is 9.64 Å². The lowest BCUT2D eigenvalue weighted by atomic mass is 10.2. The molecule has 1 aliphatic heterocycles. The molecule has 2 unspecified atom stereocenters. The highest BCUT2D eigenvalue weighted by molar-refractivity contribution is 5.76. The maximum absolute atomic E-state index is 12.0. The molecule has 16 heavy (non-hydrogen) atoms. The van der Waals surface area contributed by atoms with Crippen molar-refractivity contribution in [3.8, 4) is 0 Å². The van der Waals surface area contributed by atoms with Crippen LogP contribution in [-0.2, 0) is 16.1 Å². The van der Waals surface area contributed by atoms with Crippen molar-refractivity contribution >= 4 is 5.91 Å². The van der Waals surface area contributed by atoms with Crippen molar-refractivity contribution in [2.75, 3.05) is 13.2 Å². The minimum atomic E-state index is 0.0231. The van der Waals surface area contributed by atoms with E-state index in [0.717, 1.165) is 0 Å². The van der Waals surface area contributed by atoms with E-state index in [4.69, 9.17) is 4.74 Å². The van der Waals surface area contributed by atoms with Crippen molar-refractivity contribution in [3.05, 3.63) is 6.33 Å². The van der Waals surface area contributed by atoms with E-state index in [1.165, 1.54) is 11.0 Å². The van der Waals surface area contributed by atoms with Gasteiger partial charge in [-0.15, -0.1) is 5.10 Å². The molecule has 0 radical (unpaired) electrons. The summed E-state index contributed by atoms with van der Waals surface area (Å²) in [6, 6.07) is 0.111. The second-order valence-corrected chi connectivity index (χ2v) is 4.05. The van der Waals surface area contributed by atoms with Gasteiger partial charge in [0.2, 0.25) is 5.91 Å². The van der Waals surface area contributed by atoms with E-state index in [0.29, 0.717) is 13.2 Å². The van der Waals surface area contributed by atoms with Crippen molar-refractivity contribution < 1.29 is 9.53 Å². The fourth-order valence-electron chi connectivity index (χ4n) is 1.73. The van der Waals surface area contributed by atoms with Gasteiger partial charge in [0, 0.05) is 6.54 Å². The molecule has 88 valence electrons. The number of aromatic nitrogens is 4. The smallest absolute Gasteiger partial charge is 0.244 e. The standard InChI is InChI=1S/C9H15N5O2/c1-7-5-16-8(2)3-14(7)9(15)4-13-6-10-11-12-13/h6-8H,3-5H2,1-2H3. The molecule has 0 aromatic carbocycles. The van der Waals surface area contributed by atoms with Crippen LogP contribution in [0.25, 0.3) is 0 Å². The van der Waals surface area contributed by atoms with Crippen molar-refractivity contribution in [3.63, 3.8) is 0 Å². The van der Waals surface area contributed by atoms with Gasteiger partial charge in [0.25, 0.3) is 0 Å².